The van der Waals surface area contributed by atoms with Crippen LogP contribution in [0, 0.1) is 5.92 Å². The smallest absolute Gasteiger partial charge is 0.409 e. The van der Waals surface area contributed by atoms with Crippen LogP contribution >= 0.6 is 0 Å². The summed E-state index contributed by atoms with van der Waals surface area (Å²) in [6.45, 7) is 1.83. The number of nitrogens with zero attached hydrogens (tertiary/aromatic N) is 1. The van der Waals surface area contributed by atoms with E-state index in [1.54, 1.807) is 0 Å². The van der Waals surface area contributed by atoms with Crippen LogP contribution in [0.1, 0.15) is 19.8 Å². The van der Waals surface area contributed by atoms with Crippen molar-refractivity contribution >= 4 is 17.8 Å². The van der Waals surface area contributed by atoms with Gasteiger partial charge in [0.15, 0.2) is 0 Å². The van der Waals surface area contributed by atoms with Crippen molar-refractivity contribution < 1.29 is 23.9 Å². The maximum Gasteiger partial charge on any atom is 0.409 e. The van der Waals surface area contributed by atoms with Gasteiger partial charge in [0.2, 0.25) is 0 Å². The van der Waals surface area contributed by atoms with Crippen LogP contribution in [0.2, 0.25) is 0 Å². The summed E-state index contributed by atoms with van der Waals surface area (Å²) in [5.74, 6) is -1.81. The molecule has 0 aromatic heterocycles. The average Bonchev–Trinajstić information content (AvgIpc) is 2.76. The molecule has 1 saturated heterocycles. The standard InChI is InChI=1S/C11H17NO5/c1-7(13)9(10(14)16-2)8-5-4-6-12(8)11(15)17-3/h8-9H,4-6H2,1-3H3. The molecule has 1 fully saturated rings. The molecule has 1 aliphatic rings. The fraction of sp³-hybridized carbons (Fsp3) is 0.727. The number of likely N-dealkylation sites (tertiary alicyclic amines) is 1. The molecule has 96 valence electrons. The van der Waals surface area contributed by atoms with Gasteiger partial charge in [0.05, 0.1) is 20.3 Å². The van der Waals surface area contributed by atoms with Crippen molar-refractivity contribution in [2.24, 2.45) is 5.92 Å². The SMILES string of the molecule is COC(=O)C(C(C)=O)C1CCCN1C(=O)OC. The summed E-state index contributed by atoms with van der Waals surface area (Å²) in [4.78, 5) is 36.0. The normalized spacial score (nSPS) is 20.9. The number of methoxy groups -OCH3 is 2. The van der Waals surface area contributed by atoms with E-state index in [1.807, 2.05) is 0 Å². The van der Waals surface area contributed by atoms with Gasteiger partial charge in [-0.15, -0.1) is 0 Å². The van der Waals surface area contributed by atoms with Crippen LogP contribution in [0.5, 0.6) is 0 Å². The van der Waals surface area contributed by atoms with E-state index in [1.165, 1.54) is 26.0 Å². The molecule has 0 saturated carbocycles. The minimum absolute atomic E-state index is 0.294. The highest BCUT2D eigenvalue weighted by molar-refractivity contribution is 5.99. The Morgan fingerprint density at radius 3 is 2.35 bits per heavy atom. The van der Waals surface area contributed by atoms with Crippen molar-refractivity contribution in [3.05, 3.63) is 0 Å². The van der Waals surface area contributed by atoms with Gasteiger partial charge < -0.3 is 14.4 Å². The lowest BCUT2D eigenvalue weighted by atomic mass is 9.94. The summed E-state index contributed by atoms with van der Waals surface area (Å²) in [6.07, 6.45) is 0.845. The summed E-state index contributed by atoms with van der Waals surface area (Å²) in [5, 5.41) is 0. The van der Waals surface area contributed by atoms with Crippen molar-refractivity contribution in [2.45, 2.75) is 25.8 Å². The van der Waals surface area contributed by atoms with Gasteiger partial charge in [0, 0.05) is 6.54 Å². The minimum atomic E-state index is -0.915. The van der Waals surface area contributed by atoms with Crippen LogP contribution in [-0.2, 0) is 19.1 Å². The molecule has 1 aliphatic heterocycles. The first-order chi connectivity index (χ1) is 8.02. The number of carbonyl (C=O) groups excluding carboxylic acids is 3. The minimum Gasteiger partial charge on any atom is -0.468 e. The van der Waals surface area contributed by atoms with Crippen LogP contribution in [0.15, 0.2) is 0 Å². The second kappa shape index (κ2) is 5.65. The van der Waals surface area contributed by atoms with Crippen molar-refractivity contribution in [3.8, 4) is 0 Å². The highest BCUT2D eigenvalue weighted by Crippen LogP contribution is 2.26. The summed E-state index contributed by atoms with van der Waals surface area (Å²) in [5.41, 5.74) is 0. The molecule has 0 spiro atoms. The largest absolute Gasteiger partial charge is 0.468 e. The Balaban J connectivity index is 2.90. The van der Waals surface area contributed by atoms with Gasteiger partial charge in [-0.25, -0.2) is 4.79 Å². The van der Waals surface area contributed by atoms with Gasteiger partial charge in [-0.2, -0.15) is 0 Å². The van der Waals surface area contributed by atoms with E-state index >= 15 is 0 Å². The Morgan fingerprint density at radius 1 is 1.24 bits per heavy atom. The molecule has 6 heteroatoms. The predicted molar refractivity (Wildman–Crippen MR) is 58.3 cm³/mol. The van der Waals surface area contributed by atoms with Gasteiger partial charge in [0.25, 0.3) is 0 Å². The Morgan fingerprint density at radius 2 is 1.88 bits per heavy atom. The summed E-state index contributed by atoms with van der Waals surface area (Å²) >= 11 is 0. The highest BCUT2D eigenvalue weighted by Gasteiger charge is 2.42. The zero-order valence-corrected chi connectivity index (χ0v) is 10.3. The van der Waals surface area contributed by atoms with Gasteiger partial charge in [-0.1, -0.05) is 0 Å². The molecule has 0 aromatic rings. The monoisotopic (exact) mass is 243 g/mol. The maximum absolute atomic E-state index is 11.6. The molecule has 0 N–H and O–H groups in total. The van der Waals surface area contributed by atoms with E-state index in [2.05, 4.69) is 9.47 Å². The van der Waals surface area contributed by atoms with Crippen LogP contribution in [-0.4, -0.2) is 49.6 Å². The van der Waals surface area contributed by atoms with E-state index in [4.69, 9.17) is 0 Å². The number of rotatable bonds is 3. The molecule has 1 rings (SSSR count). The number of ether oxygens (including phenoxy) is 2. The zero-order valence-electron chi connectivity index (χ0n) is 10.3. The summed E-state index contributed by atoms with van der Waals surface area (Å²) in [7, 11) is 2.51. The van der Waals surface area contributed by atoms with Crippen LogP contribution in [0.25, 0.3) is 0 Å². The topological polar surface area (TPSA) is 72.9 Å². The van der Waals surface area contributed by atoms with Crippen LogP contribution in [0.4, 0.5) is 4.79 Å². The first-order valence-electron chi connectivity index (χ1n) is 5.45. The van der Waals surface area contributed by atoms with Gasteiger partial charge >= 0.3 is 12.1 Å². The number of Topliss-reactive ketones (excluding diaryl/α,β-unsaturated/α-hetero) is 1. The summed E-state index contributed by atoms with van der Waals surface area (Å²) in [6, 6.07) is -0.451. The third-order valence-electron chi connectivity index (χ3n) is 2.99. The van der Waals surface area contributed by atoms with E-state index in [0.717, 1.165) is 6.42 Å². The molecule has 17 heavy (non-hydrogen) atoms. The van der Waals surface area contributed by atoms with Gasteiger partial charge in [-0.05, 0) is 19.8 Å². The fourth-order valence-corrected chi connectivity index (χ4v) is 2.20. The molecule has 0 aromatic carbocycles. The van der Waals surface area contributed by atoms with E-state index in [0.29, 0.717) is 13.0 Å². The number of amides is 1. The molecular formula is C11H17NO5. The van der Waals surface area contributed by atoms with Crippen LogP contribution in [0.3, 0.4) is 0 Å². The lowest BCUT2D eigenvalue weighted by Gasteiger charge is -2.27. The first-order valence-corrected chi connectivity index (χ1v) is 5.45. The lowest BCUT2D eigenvalue weighted by Crippen LogP contribution is -2.45. The number of carbonyl (C=O) groups is 3. The summed E-state index contributed by atoms with van der Waals surface area (Å²) < 4.78 is 9.24. The highest BCUT2D eigenvalue weighted by atomic mass is 16.5. The first kappa shape index (κ1) is 13.5. The number of hydrogen-bond acceptors (Lipinski definition) is 5. The van der Waals surface area contributed by atoms with Crippen molar-refractivity contribution in [2.75, 3.05) is 20.8 Å². The van der Waals surface area contributed by atoms with Crippen molar-refractivity contribution in [3.63, 3.8) is 0 Å². The van der Waals surface area contributed by atoms with Crippen LogP contribution < -0.4 is 0 Å². The molecule has 6 nitrogen and oxygen atoms in total. The molecule has 2 atom stereocenters. The van der Waals surface area contributed by atoms with Gasteiger partial charge in [-0.3, -0.25) is 9.59 Å². The lowest BCUT2D eigenvalue weighted by molar-refractivity contribution is -0.151. The molecule has 1 heterocycles. The third kappa shape index (κ3) is 2.75. The molecular weight excluding hydrogens is 226 g/mol. The Bertz CT molecular complexity index is 328. The second-order valence-electron chi connectivity index (χ2n) is 3.98. The van der Waals surface area contributed by atoms with E-state index in [-0.39, 0.29) is 5.78 Å². The van der Waals surface area contributed by atoms with E-state index < -0.39 is 24.0 Å². The quantitative estimate of drug-likeness (QED) is 0.536. The number of ketones is 1. The van der Waals surface area contributed by atoms with E-state index in [9.17, 15) is 14.4 Å². The van der Waals surface area contributed by atoms with Gasteiger partial charge in [0.1, 0.15) is 11.7 Å². The molecule has 0 bridgehead atoms. The number of hydrogen-bond donors (Lipinski definition) is 0. The number of esters is 1. The maximum atomic E-state index is 11.6. The molecule has 0 aliphatic carbocycles. The molecule has 1 amide bonds. The second-order valence-corrected chi connectivity index (χ2v) is 3.98. The van der Waals surface area contributed by atoms with Crippen molar-refractivity contribution in [1.29, 1.82) is 0 Å². The fourth-order valence-electron chi connectivity index (χ4n) is 2.20. The third-order valence-corrected chi connectivity index (χ3v) is 2.99. The van der Waals surface area contributed by atoms with Crippen molar-refractivity contribution in [1.82, 2.24) is 4.90 Å². The molecule has 0 radical (unpaired) electrons. The molecule has 2 unspecified atom stereocenters. The predicted octanol–water partition coefficient (Wildman–Crippen LogP) is 0.595. The Labute approximate surface area is 99.9 Å². The Hall–Kier alpha value is -1.59. The average molecular weight is 243 g/mol. The zero-order chi connectivity index (χ0) is 13.0. The Kier molecular flexibility index (Phi) is 4.48.